The number of carbonyl (C=O) groups is 2. The zero-order valence-electron chi connectivity index (χ0n) is 10.5. The lowest BCUT2D eigenvalue weighted by Crippen LogP contribution is -2.38. The lowest BCUT2D eigenvalue weighted by atomic mass is 10.1. The maximum Gasteiger partial charge on any atom is 0.305 e. The van der Waals surface area contributed by atoms with E-state index in [2.05, 4.69) is 5.32 Å². The standard InChI is InChI=1S/C14H17NO4/c16-8-9-1-3-11(4-2-9)14(19)15-12(7-13(17)18)10-5-6-10/h1-4,10,12,16H,5-8H2,(H,15,19)(H,17,18). The van der Waals surface area contributed by atoms with E-state index in [1.54, 1.807) is 24.3 Å². The number of benzene rings is 1. The van der Waals surface area contributed by atoms with E-state index in [1.165, 1.54) is 0 Å². The number of carboxylic acid groups (broad SMARTS) is 1. The molecule has 0 saturated heterocycles. The van der Waals surface area contributed by atoms with Crippen molar-refractivity contribution in [2.75, 3.05) is 0 Å². The van der Waals surface area contributed by atoms with Gasteiger partial charge in [0.2, 0.25) is 0 Å². The van der Waals surface area contributed by atoms with Gasteiger partial charge >= 0.3 is 5.97 Å². The molecule has 0 heterocycles. The van der Waals surface area contributed by atoms with Gasteiger partial charge in [0.15, 0.2) is 0 Å². The van der Waals surface area contributed by atoms with E-state index in [0.717, 1.165) is 18.4 Å². The van der Waals surface area contributed by atoms with Crippen molar-refractivity contribution in [3.63, 3.8) is 0 Å². The maximum atomic E-state index is 12.0. The number of rotatable bonds is 6. The summed E-state index contributed by atoms with van der Waals surface area (Å²) in [6.45, 7) is -0.0639. The summed E-state index contributed by atoms with van der Waals surface area (Å²) in [4.78, 5) is 22.8. The Hall–Kier alpha value is -1.88. The van der Waals surface area contributed by atoms with Crippen molar-refractivity contribution < 1.29 is 19.8 Å². The van der Waals surface area contributed by atoms with Crippen molar-refractivity contribution in [3.8, 4) is 0 Å². The highest BCUT2D eigenvalue weighted by molar-refractivity contribution is 5.94. The van der Waals surface area contributed by atoms with Crippen molar-refractivity contribution >= 4 is 11.9 Å². The van der Waals surface area contributed by atoms with Crippen LogP contribution in [0.1, 0.15) is 35.2 Å². The largest absolute Gasteiger partial charge is 0.481 e. The van der Waals surface area contributed by atoms with Crippen LogP contribution in [0.4, 0.5) is 0 Å². The molecule has 0 bridgehead atoms. The summed E-state index contributed by atoms with van der Waals surface area (Å²) in [6.07, 6.45) is 1.91. The van der Waals surface area contributed by atoms with Crippen molar-refractivity contribution in [1.29, 1.82) is 0 Å². The summed E-state index contributed by atoms with van der Waals surface area (Å²) >= 11 is 0. The summed E-state index contributed by atoms with van der Waals surface area (Å²) < 4.78 is 0. The molecule has 1 aromatic rings. The summed E-state index contributed by atoms with van der Waals surface area (Å²) in [6, 6.07) is 6.33. The molecule has 1 aliphatic carbocycles. The Labute approximate surface area is 111 Å². The van der Waals surface area contributed by atoms with Crippen molar-refractivity contribution in [3.05, 3.63) is 35.4 Å². The lowest BCUT2D eigenvalue weighted by molar-refractivity contribution is -0.137. The molecule has 1 aromatic carbocycles. The number of aliphatic hydroxyl groups is 1. The van der Waals surface area contributed by atoms with Crippen molar-refractivity contribution in [2.45, 2.75) is 31.9 Å². The van der Waals surface area contributed by atoms with Gasteiger partial charge in [0, 0.05) is 11.6 Å². The number of aliphatic carboxylic acids is 1. The summed E-state index contributed by atoms with van der Waals surface area (Å²) in [5, 5.41) is 20.5. The van der Waals surface area contributed by atoms with E-state index in [-0.39, 0.29) is 30.9 Å². The predicted octanol–water partition coefficient (Wildman–Crippen LogP) is 1.16. The van der Waals surface area contributed by atoms with Gasteiger partial charge in [-0.3, -0.25) is 9.59 Å². The zero-order valence-corrected chi connectivity index (χ0v) is 10.5. The Balaban J connectivity index is 1.99. The number of nitrogens with one attached hydrogen (secondary N) is 1. The number of carbonyl (C=O) groups excluding carboxylic acids is 1. The molecule has 3 N–H and O–H groups in total. The molecule has 5 nitrogen and oxygen atoms in total. The lowest BCUT2D eigenvalue weighted by Gasteiger charge is -2.16. The van der Waals surface area contributed by atoms with Crippen molar-refractivity contribution in [1.82, 2.24) is 5.32 Å². The molecule has 0 aromatic heterocycles. The van der Waals surface area contributed by atoms with Crippen LogP contribution in [0.3, 0.4) is 0 Å². The maximum absolute atomic E-state index is 12.0. The summed E-state index contributed by atoms with van der Waals surface area (Å²) in [5.74, 6) is -0.868. The number of carboxylic acids is 1. The molecule has 102 valence electrons. The SMILES string of the molecule is O=C(O)CC(NC(=O)c1ccc(CO)cc1)C1CC1. The Bertz CT molecular complexity index is 465. The van der Waals surface area contributed by atoms with Gasteiger partial charge in [-0.1, -0.05) is 12.1 Å². The van der Waals surface area contributed by atoms with Crippen LogP contribution < -0.4 is 5.32 Å². The molecule has 1 aliphatic rings. The van der Waals surface area contributed by atoms with Crippen molar-refractivity contribution in [2.24, 2.45) is 5.92 Å². The molecule has 1 amide bonds. The van der Waals surface area contributed by atoms with Crippen LogP contribution in [0.5, 0.6) is 0 Å². The van der Waals surface area contributed by atoms with E-state index in [0.29, 0.717) is 5.56 Å². The minimum atomic E-state index is -0.896. The Kier molecular flexibility index (Phi) is 4.16. The molecule has 5 heteroatoms. The van der Waals surface area contributed by atoms with Gasteiger partial charge < -0.3 is 15.5 Å². The number of hydrogen-bond acceptors (Lipinski definition) is 3. The monoisotopic (exact) mass is 263 g/mol. The van der Waals surface area contributed by atoms with Crippen LogP contribution in [0.25, 0.3) is 0 Å². The molecule has 19 heavy (non-hydrogen) atoms. The quantitative estimate of drug-likeness (QED) is 0.719. The van der Waals surface area contributed by atoms with Gasteiger partial charge in [-0.2, -0.15) is 0 Å². The first kappa shape index (κ1) is 13.5. The average Bonchev–Trinajstić information content (AvgIpc) is 3.21. The Morgan fingerprint density at radius 3 is 2.37 bits per heavy atom. The summed E-state index contributed by atoms with van der Waals surface area (Å²) in [5.41, 5.74) is 1.22. The van der Waals surface area contributed by atoms with Gasteiger partial charge in [-0.15, -0.1) is 0 Å². The number of amides is 1. The van der Waals surface area contributed by atoms with Gasteiger partial charge in [0.25, 0.3) is 5.91 Å². The fourth-order valence-corrected chi connectivity index (χ4v) is 2.04. The fourth-order valence-electron chi connectivity index (χ4n) is 2.04. The molecule has 2 rings (SSSR count). The third kappa shape index (κ3) is 3.79. The van der Waals surface area contributed by atoms with Crippen LogP contribution in [0.15, 0.2) is 24.3 Å². The second kappa shape index (κ2) is 5.84. The highest BCUT2D eigenvalue weighted by Gasteiger charge is 2.33. The molecular formula is C14H17NO4. The molecule has 1 fully saturated rings. The third-order valence-electron chi connectivity index (χ3n) is 3.30. The van der Waals surface area contributed by atoms with Crippen LogP contribution in [0.2, 0.25) is 0 Å². The first-order valence-electron chi connectivity index (χ1n) is 6.32. The molecule has 0 radical (unpaired) electrons. The summed E-state index contributed by atoms with van der Waals surface area (Å²) in [7, 11) is 0. The van der Waals surface area contributed by atoms with Crippen LogP contribution in [0, 0.1) is 5.92 Å². The van der Waals surface area contributed by atoms with E-state index >= 15 is 0 Å². The number of aliphatic hydroxyl groups excluding tert-OH is 1. The Morgan fingerprint density at radius 1 is 1.26 bits per heavy atom. The predicted molar refractivity (Wildman–Crippen MR) is 68.6 cm³/mol. The topological polar surface area (TPSA) is 86.6 Å². The Morgan fingerprint density at radius 2 is 1.89 bits per heavy atom. The smallest absolute Gasteiger partial charge is 0.305 e. The second-order valence-corrected chi connectivity index (χ2v) is 4.87. The highest BCUT2D eigenvalue weighted by Crippen LogP contribution is 2.34. The van der Waals surface area contributed by atoms with Gasteiger partial charge in [-0.25, -0.2) is 0 Å². The van der Waals surface area contributed by atoms with Gasteiger partial charge in [0.05, 0.1) is 13.0 Å². The molecule has 1 unspecified atom stereocenters. The molecular weight excluding hydrogens is 246 g/mol. The van der Waals surface area contributed by atoms with Crippen LogP contribution in [-0.4, -0.2) is 28.1 Å². The molecule has 1 atom stereocenters. The van der Waals surface area contributed by atoms with Crippen LogP contribution >= 0.6 is 0 Å². The average molecular weight is 263 g/mol. The zero-order chi connectivity index (χ0) is 13.8. The first-order chi connectivity index (χ1) is 9.10. The first-order valence-corrected chi connectivity index (χ1v) is 6.32. The molecule has 0 spiro atoms. The van der Waals surface area contributed by atoms with Gasteiger partial charge in [0.1, 0.15) is 0 Å². The van der Waals surface area contributed by atoms with Gasteiger partial charge in [-0.05, 0) is 36.5 Å². The van der Waals surface area contributed by atoms with E-state index in [4.69, 9.17) is 10.2 Å². The minimum absolute atomic E-state index is 0.0366. The minimum Gasteiger partial charge on any atom is -0.481 e. The number of hydrogen-bond donors (Lipinski definition) is 3. The van der Waals surface area contributed by atoms with E-state index < -0.39 is 5.97 Å². The second-order valence-electron chi connectivity index (χ2n) is 4.87. The fraction of sp³-hybridized carbons (Fsp3) is 0.429. The van der Waals surface area contributed by atoms with Crippen LogP contribution in [-0.2, 0) is 11.4 Å². The third-order valence-corrected chi connectivity index (χ3v) is 3.30. The molecule has 1 saturated carbocycles. The van der Waals surface area contributed by atoms with E-state index in [9.17, 15) is 9.59 Å². The normalized spacial score (nSPS) is 15.8. The highest BCUT2D eigenvalue weighted by atomic mass is 16.4. The molecule has 0 aliphatic heterocycles. The van der Waals surface area contributed by atoms with E-state index in [1.807, 2.05) is 0 Å².